The maximum Gasteiger partial charge on any atom is 0.213 e. The summed E-state index contributed by atoms with van der Waals surface area (Å²) in [5, 5.41) is 12.0. The lowest BCUT2D eigenvalue weighted by atomic mass is 9.98. The molecule has 1 unspecified atom stereocenters. The van der Waals surface area contributed by atoms with Gasteiger partial charge in [0.05, 0.1) is 17.4 Å². The molecule has 1 heterocycles. The number of nitrogens with two attached hydrogens (primary N) is 1. The average molecular weight is 280 g/mol. The molecule has 6 nitrogen and oxygen atoms in total. The number of fused-ring (bicyclic) bond motifs is 1. The SMILES string of the molecule is N#Cc1ccc2c(c1)CC(NS(=O)(=O)CCN)CN2. The van der Waals surface area contributed by atoms with Gasteiger partial charge >= 0.3 is 0 Å². The first kappa shape index (κ1) is 13.8. The van der Waals surface area contributed by atoms with Gasteiger partial charge < -0.3 is 11.1 Å². The van der Waals surface area contributed by atoms with Crippen LogP contribution in [0.1, 0.15) is 11.1 Å². The maximum atomic E-state index is 11.7. The summed E-state index contributed by atoms with van der Waals surface area (Å²) in [6.45, 7) is 0.632. The first-order valence-corrected chi connectivity index (χ1v) is 7.66. The lowest BCUT2D eigenvalue weighted by Gasteiger charge is -2.26. The van der Waals surface area contributed by atoms with Gasteiger partial charge in [-0.1, -0.05) is 0 Å². The lowest BCUT2D eigenvalue weighted by molar-refractivity contribution is 0.548. The molecule has 1 aromatic rings. The predicted octanol–water partition coefficient (Wildman–Crippen LogP) is -0.227. The van der Waals surface area contributed by atoms with E-state index in [9.17, 15) is 8.42 Å². The highest BCUT2D eigenvalue weighted by Crippen LogP contribution is 2.23. The summed E-state index contributed by atoms with van der Waals surface area (Å²) < 4.78 is 25.9. The van der Waals surface area contributed by atoms with Crippen LogP contribution in [-0.2, 0) is 16.4 Å². The summed E-state index contributed by atoms with van der Waals surface area (Å²) in [5.41, 5.74) is 7.74. The quantitative estimate of drug-likeness (QED) is 0.706. The van der Waals surface area contributed by atoms with Gasteiger partial charge in [0.1, 0.15) is 0 Å². The largest absolute Gasteiger partial charge is 0.383 e. The Morgan fingerprint density at radius 2 is 2.32 bits per heavy atom. The number of nitrogens with one attached hydrogen (secondary N) is 2. The van der Waals surface area contributed by atoms with E-state index in [1.54, 1.807) is 12.1 Å². The first-order valence-electron chi connectivity index (χ1n) is 6.01. The molecule has 4 N–H and O–H groups in total. The van der Waals surface area contributed by atoms with Crippen LogP contribution >= 0.6 is 0 Å². The normalized spacial score (nSPS) is 18.2. The molecule has 1 aliphatic rings. The highest BCUT2D eigenvalue weighted by atomic mass is 32.2. The van der Waals surface area contributed by atoms with Crippen LogP contribution in [0.2, 0.25) is 0 Å². The molecule has 0 spiro atoms. The van der Waals surface area contributed by atoms with Gasteiger partial charge in [0.2, 0.25) is 10.0 Å². The zero-order valence-electron chi connectivity index (χ0n) is 10.4. The highest BCUT2D eigenvalue weighted by molar-refractivity contribution is 7.89. The molecular formula is C12H16N4O2S. The standard InChI is InChI=1S/C12H16N4O2S/c13-3-4-19(17,18)16-11-6-10-5-9(7-14)1-2-12(10)15-8-11/h1-2,5,11,15-16H,3-4,6,8,13H2. The van der Waals surface area contributed by atoms with Crippen LogP contribution < -0.4 is 15.8 Å². The molecule has 2 rings (SSSR count). The molecule has 0 fully saturated rings. The van der Waals surface area contributed by atoms with Gasteiger partial charge in [-0.05, 0) is 30.2 Å². The highest BCUT2D eigenvalue weighted by Gasteiger charge is 2.22. The van der Waals surface area contributed by atoms with Crippen molar-refractivity contribution >= 4 is 15.7 Å². The predicted molar refractivity (Wildman–Crippen MR) is 73.1 cm³/mol. The number of benzene rings is 1. The summed E-state index contributed by atoms with van der Waals surface area (Å²) in [6.07, 6.45) is 0.571. The zero-order valence-corrected chi connectivity index (χ0v) is 11.2. The van der Waals surface area contributed by atoms with Gasteiger partial charge in [-0.25, -0.2) is 13.1 Å². The number of anilines is 1. The molecule has 1 aliphatic heterocycles. The molecule has 19 heavy (non-hydrogen) atoms. The summed E-state index contributed by atoms with van der Waals surface area (Å²) in [7, 11) is -3.33. The van der Waals surface area contributed by atoms with Crippen molar-refractivity contribution in [3.8, 4) is 6.07 Å². The number of sulfonamides is 1. The third kappa shape index (κ3) is 3.44. The summed E-state index contributed by atoms with van der Waals surface area (Å²) in [6, 6.07) is 7.24. The number of rotatable bonds is 4. The Balaban J connectivity index is 2.11. The fourth-order valence-corrected chi connectivity index (χ4v) is 3.23. The Bertz CT molecular complexity index is 607. The van der Waals surface area contributed by atoms with Gasteiger partial charge in [0.25, 0.3) is 0 Å². The second-order valence-corrected chi connectivity index (χ2v) is 6.36. The van der Waals surface area contributed by atoms with Crippen molar-refractivity contribution in [2.45, 2.75) is 12.5 Å². The van der Waals surface area contributed by atoms with Gasteiger partial charge in [-0.15, -0.1) is 0 Å². The van der Waals surface area contributed by atoms with E-state index in [-0.39, 0.29) is 18.3 Å². The molecule has 1 aromatic carbocycles. The van der Waals surface area contributed by atoms with Crippen molar-refractivity contribution in [2.75, 3.05) is 24.2 Å². The first-order chi connectivity index (χ1) is 9.04. The van der Waals surface area contributed by atoms with Gasteiger partial charge in [-0.2, -0.15) is 5.26 Å². The van der Waals surface area contributed by atoms with Crippen molar-refractivity contribution in [2.24, 2.45) is 5.73 Å². The Morgan fingerprint density at radius 3 is 3.00 bits per heavy atom. The van der Waals surface area contributed by atoms with Crippen LogP contribution in [0, 0.1) is 11.3 Å². The third-order valence-corrected chi connectivity index (χ3v) is 4.44. The number of hydrogen-bond donors (Lipinski definition) is 3. The molecule has 0 aliphatic carbocycles. The van der Waals surface area contributed by atoms with E-state index >= 15 is 0 Å². The second kappa shape index (κ2) is 5.57. The smallest absolute Gasteiger partial charge is 0.213 e. The van der Waals surface area contributed by atoms with E-state index in [0.717, 1.165) is 11.3 Å². The molecule has 0 bridgehead atoms. The monoisotopic (exact) mass is 280 g/mol. The minimum Gasteiger partial charge on any atom is -0.383 e. The lowest BCUT2D eigenvalue weighted by Crippen LogP contribution is -2.45. The van der Waals surface area contributed by atoms with Crippen LogP contribution in [0.3, 0.4) is 0 Å². The Morgan fingerprint density at radius 1 is 1.53 bits per heavy atom. The van der Waals surface area contributed by atoms with Crippen LogP contribution in [0.5, 0.6) is 0 Å². The number of hydrogen-bond acceptors (Lipinski definition) is 5. The van der Waals surface area contributed by atoms with Crippen molar-refractivity contribution < 1.29 is 8.42 Å². The fraction of sp³-hybridized carbons (Fsp3) is 0.417. The second-order valence-electron chi connectivity index (χ2n) is 4.49. The topological polar surface area (TPSA) is 108 Å². The van der Waals surface area contributed by atoms with Crippen molar-refractivity contribution in [1.29, 1.82) is 5.26 Å². The van der Waals surface area contributed by atoms with Crippen LogP contribution in [0.15, 0.2) is 18.2 Å². The van der Waals surface area contributed by atoms with Crippen molar-refractivity contribution in [3.63, 3.8) is 0 Å². The molecule has 7 heteroatoms. The third-order valence-electron chi connectivity index (χ3n) is 2.97. The molecule has 0 aromatic heterocycles. The maximum absolute atomic E-state index is 11.7. The van der Waals surface area contributed by atoms with E-state index in [2.05, 4.69) is 16.1 Å². The fourth-order valence-electron chi connectivity index (χ4n) is 2.13. The summed E-state index contributed by atoms with van der Waals surface area (Å²) in [5.74, 6) is -0.0748. The van der Waals surface area contributed by atoms with Gasteiger partial charge in [-0.3, -0.25) is 0 Å². The van der Waals surface area contributed by atoms with E-state index in [1.807, 2.05) is 6.07 Å². The van der Waals surface area contributed by atoms with Crippen molar-refractivity contribution in [3.05, 3.63) is 29.3 Å². The van der Waals surface area contributed by atoms with Crippen LogP contribution in [-0.4, -0.2) is 33.3 Å². The zero-order chi connectivity index (χ0) is 13.9. The van der Waals surface area contributed by atoms with E-state index in [1.165, 1.54) is 0 Å². The minimum atomic E-state index is -3.33. The van der Waals surface area contributed by atoms with Crippen molar-refractivity contribution in [1.82, 2.24) is 4.72 Å². The Labute approximate surface area is 112 Å². The molecule has 1 atom stereocenters. The van der Waals surface area contributed by atoms with Gasteiger partial charge in [0.15, 0.2) is 0 Å². The van der Waals surface area contributed by atoms with Crippen LogP contribution in [0.4, 0.5) is 5.69 Å². The van der Waals surface area contributed by atoms with E-state index in [0.29, 0.717) is 18.5 Å². The van der Waals surface area contributed by atoms with Gasteiger partial charge in [0, 0.05) is 24.8 Å². The minimum absolute atomic E-state index is 0.0748. The average Bonchev–Trinajstić information content (AvgIpc) is 2.37. The Hall–Kier alpha value is -1.62. The molecule has 102 valence electrons. The van der Waals surface area contributed by atoms with Crippen LogP contribution in [0.25, 0.3) is 0 Å². The molecule has 0 saturated heterocycles. The molecule has 0 saturated carbocycles. The number of nitrogens with zero attached hydrogens (tertiary/aromatic N) is 1. The summed E-state index contributed by atoms with van der Waals surface area (Å²) >= 11 is 0. The molecule has 0 radical (unpaired) electrons. The molecule has 0 amide bonds. The number of nitriles is 1. The molecular weight excluding hydrogens is 264 g/mol. The van der Waals surface area contributed by atoms with E-state index in [4.69, 9.17) is 11.0 Å². The van der Waals surface area contributed by atoms with E-state index < -0.39 is 10.0 Å². The Kier molecular flexibility index (Phi) is 4.04. The summed E-state index contributed by atoms with van der Waals surface area (Å²) in [4.78, 5) is 0.